The predicted molar refractivity (Wildman–Crippen MR) is 267 cm³/mol. The number of ketones is 2. The molecule has 6 fully saturated rings. The summed E-state index contributed by atoms with van der Waals surface area (Å²) < 4.78 is 45.1. The summed E-state index contributed by atoms with van der Waals surface area (Å²) in [4.78, 5) is 62.3. The minimum atomic E-state index is -1.71. The first-order valence-corrected chi connectivity index (χ1v) is 25.8. The lowest BCUT2D eigenvalue weighted by Gasteiger charge is -2.64. The third-order valence-corrected chi connectivity index (χ3v) is 16.4. The summed E-state index contributed by atoms with van der Waals surface area (Å²) in [5.41, 5.74) is -1.57. The molecule has 0 radical (unpaired) electrons. The number of nitrogens with zero attached hydrogens (tertiary/aromatic N) is 1. The second-order valence-electron chi connectivity index (χ2n) is 22.2. The Morgan fingerprint density at radius 1 is 0.877 bits per heavy atom. The molecule has 16 heteroatoms. The first kappa shape index (κ1) is 52.7. The second-order valence-corrected chi connectivity index (χ2v) is 22.2. The minimum Gasteiger partial charge on any atom is -0.482 e. The number of aliphatic hydroxyl groups excluding tert-OH is 4. The number of esters is 2. The molecule has 7 unspecified atom stereocenters. The van der Waals surface area contributed by atoms with Crippen molar-refractivity contribution in [2.24, 2.45) is 17.8 Å². The maximum absolute atomic E-state index is 16.6. The van der Waals surface area contributed by atoms with Crippen molar-refractivity contribution in [2.45, 2.75) is 166 Å². The molecule has 73 heavy (non-hydrogen) atoms. The number of rotatable bonds is 14. The van der Waals surface area contributed by atoms with Crippen molar-refractivity contribution in [3.63, 3.8) is 0 Å². The van der Waals surface area contributed by atoms with Gasteiger partial charge < -0.3 is 53.6 Å². The first-order chi connectivity index (χ1) is 34.6. The van der Waals surface area contributed by atoms with Gasteiger partial charge in [-0.3, -0.25) is 14.5 Å². The van der Waals surface area contributed by atoms with Crippen molar-refractivity contribution in [1.82, 2.24) is 4.90 Å². The van der Waals surface area contributed by atoms with Crippen LogP contribution in [0.15, 0.2) is 65.3 Å². The second kappa shape index (κ2) is 19.8. The molecule has 4 bridgehead atoms. The van der Waals surface area contributed by atoms with Crippen LogP contribution in [0.2, 0.25) is 0 Å². The van der Waals surface area contributed by atoms with Gasteiger partial charge in [0.25, 0.3) is 0 Å². The number of hydrogen-bond donors (Lipinski definition) is 4. The third-order valence-electron chi connectivity index (χ3n) is 16.4. The quantitative estimate of drug-likeness (QED) is 0.0682. The molecule has 2 aromatic rings. The van der Waals surface area contributed by atoms with Crippen LogP contribution in [-0.4, -0.2) is 135 Å². The Labute approximate surface area is 426 Å². The van der Waals surface area contributed by atoms with Crippen LogP contribution in [0.3, 0.4) is 0 Å². The zero-order chi connectivity index (χ0) is 52.5. The van der Waals surface area contributed by atoms with E-state index in [0.717, 1.165) is 30.4 Å². The average molecular weight is 1010 g/mol. The van der Waals surface area contributed by atoms with Crippen LogP contribution in [0.25, 0.3) is 6.08 Å². The van der Waals surface area contributed by atoms with Crippen LogP contribution in [0, 0.1) is 17.8 Å². The Morgan fingerprint density at radius 3 is 2.23 bits per heavy atom. The molecule has 16 nitrogen and oxygen atoms in total. The Kier molecular flexibility index (Phi) is 14.3. The van der Waals surface area contributed by atoms with Crippen LogP contribution >= 0.6 is 0 Å². The summed E-state index contributed by atoms with van der Waals surface area (Å²) in [5, 5.41) is 40.9. The van der Waals surface area contributed by atoms with E-state index in [1.54, 1.807) is 13.0 Å². The van der Waals surface area contributed by atoms with Crippen molar-refractivity contribution < 1.29 is 72.8 Å². The van der Waals surface area contributed by atoms with Gasteiger partial charge in [-0.1, -0.05) is 35.8 Å². The smallest absolute Gasteiger partial charge is 0.343 e. The molecule has 1 spiro atoms. The van der Waals surface area contributed by atoms with Gasteiger partial charge >= 0.3 is 11.9 Å². The number of allylic oxidation sites excluding steroid dienone is 4. The highest BCUT2D eigenvalue weighted by atomic mass is 16.7. The van der Waals surface area contributed by atoms with Gasteiger partial charge in [-0.15, -0.1) is 0 Å². The summed E-state index contributed by atoms with van der Waals surface area (Å²) in [5.74, 6) is -3.31. The molecule has 4 N–H and O–H groups in total. The van der Waals surface area contributed by atoms with Crippen molar-refractivity contribution in [3.05, 3.63) is 87.5 Å². The Morgan fingerprint density at radius 2 is 1.58 bits per heavy atom. The molecular weight excluding hydrogens is 939 g/mol. The lowest BCUT2D eigenvalue weighted by Crippen LogP contribution is -2.82. The van der Waals surface area contributed by atoms with E-state index >= 15 is 9.59 Å². The number of ether oxygens (including phenoxy) is 7. The van der Waals surface area contributed by atoms with Gasteiger partial charge in [0.2, 0.25) is 6.29 Å². The van der Waals surface area contributed by atoms with Gasteiger partial charge in [-0.25, -0.2) is 9.59 Å². The van der Waals surface area contributed by atoms with Gasteiger partial charge in [0, 0.05) is 35.4 Å². The van der Waals surface area contributed by atoms with E-state index in [1.807, 2.05) is 66.7 Å². The van der Waals surface area contributed by atoms with E-state index in [9.17, 15) is 30.0 Å². The van der Waals surface area contributed by atoms with Gasteiger partial charge in [-0.2, -0.15) is 0 Å². The van der Waals surface area contributed by atoms with Crippen LogP contribution in [-0.2, 0) is 30.2 Å². The maximum Gasteiger partial charge on any atom is 0.343 e. The summed E-state index contributed by atoms with van der Waals surface area (Å²) >= 11 is 0. The predicted octanol–water partition coefficient (Wildman–Crippen LogP) is 6.56. The highest BCUT2D eigenvalue weighted by Crippen LogP contribution is 2.71. The van der Waals surface area contributed by atoms with Crippen LogP contribution in [0.5, 0.6) is 23.0 Å². The fraction of sp³-hybridized carbons (Fsp3) is 0.579. The number of carbonyl (C=O) groups excluding carboxylic acids is 4. The lowest BCUT2D eigenvalue weighted by molar-refractivity contribution is -0.277. The standard InChI is InChI=1S/C57H71NO15/c1-30(2)14-13-23-55(8)24-22-36-47(71-55)35(20-15-31(3)4)49-40(48(36)70-52(66)33-16-18-34(19-17-33)68-53-46(63)45(62)43(60)38(29-59)69-53)44(61)41-42(58-26-11-10-12-27-58)37-28-39-54(6,7)73-56(50(37)64,57(39,41)72-49)25-21-32(5)51(65)67-9/h14-19,21-22,24,37-39,41-43,45-46,53,59-60,62-63H,10-13,20,23,25-29H2,1-9H3/b32-21-/t37?,38-,39?,41?,42?,43-,45-,46-,53-,55?,56?,57?/m1/s1. The average Bonchev–Trinajstić information content (AvgIpc) is 3.50. The van der Waals surface area contributed by atoms with Crippen LogP contribution in [0.1, 0.15) is 132 Å². The Balaban J connectivity index is 1.22. The van der Waals surface area contributed by atoms with Gasteiger partial charge in [0.1, 0.15) is 52.8 Å². The number of benzene rings is 2. The molecule has 3 aliphatic carbocycles. The molecular formula is C57H71NO15. The molecule has 0 aromatic heterocycles. The molecule has 8 aliphatic rings. The maximum atomic E-state index is 16.6. The van der Waals surface area contributed by atoms with Gasteiger partial charge in [0.15, 0.2) is 28.5 Å². The number of piperidine rings is 1. The summed E-state index contributed by atoms with van der Waals surface area (Å²) in [6.45, 7) is 16.3. The Hall–Kier alpha value is -5.20. The zero-order valence-corrected chi connectivity index (χ0v) is 43.4. The van der Waals surface area contributed by atoms with Crippen LogP contribution in [0.4, 0.5) is 0 Å². The highest BCUT2D eigenvalue weighted by Gasteiger charge is 2.86. The van der Waals surface area contributed by atoms with Gasteiger partial charge in [-0.05, 0) is 143 Å². The van der Waals surface area contributed by atoms with E-state index in [1.165, 1.54) is 31.4 Å². The minimum absolute atomic E-state index is 0.0479. The molecule has 5 aliphatic heterocycles. The normalized spacial score (nSPS) is 33.9. The largest absolute Gasteiger partial charge is 0.482 e. The van der Waals surface area contributed by atoms with E-state index in [-0.39, 0.29) is 58.4 Å². The molecule has 2 aromatic carbocycles. The van der Waals surface area contributed by atoms with E-state index < -0.39 is 95.5 Å². The number of carbonyl (C=O) groups is 4. The van der Waals surface area contributed by atoms with Crippen molar-refractivity contribution >= 4 is 29.6 Å². The molecule has 3 saturated carbocycles. The van der Waals surface area contributed by atoms with E-state index in [0.29, 0.717) is 49.2 Å². The molecule has 0 amide bonds. The fourth-order valence-corrected chi connectivity index (χ4v) is 12.8. The van der Waals surface area contributed by atoms with Crippen molar-refractivity contribution in [2.75, 3.05) is 26.8 Å². The number of fused-ring (bicyclic) bond motifs is 2. The fourth-order valence-electron chi connectivity index (χ4n) is 12.8. The molecule has 12 atom stereocenters. The number of aliphatic hydroxyl groups is 4. The van der Waals surface area contributed by atoms with E-state index in [2.05, 4.69) is 11.0 Å². The Bertz CT molecular complexity index is 2650. The molecule has 3 saturated heterocycles. The lowest BCUT2D eigenvalue weighted by atomic mass is 9.44. The zero-order valence-electron chi connectivity index (χ0n) is 43.4. The number of Topliss-reactive ketones (excluding diaryl/α,β-unsaturated/α-hetero) is 2. The third kappa shape index (κ3) is 8.87. The van der Waals surface area contributed by atoms with Crippen LogP contribution < -0.4 is 18.9 Å². The summed E-state index contributed by atoms with van der Waals surface area (Å²) in [6.07, 6.45) is 6.85. The van der Waals surface area contributed by atoms with E-state index in [4.69, 9.17) is 33.2 Å². The molecule has 10 rings (SSSR count). The SMILES string of the molecule is COC(=O)/C(C)=C\CC12OC(C)(C)C3CC(C1=O)C(N1CCCCC1)C1C(=O)c4c(OC(=O)c5ccc(O[C@@H]6O[C@H](CO)[C@@H](O)[C@@H](O)[C@H]6O)cc5)c5c(c(CC=C(C)C)c4OC132)OC(C)(CCC=C(C)C)C=C5. The highest BCUT2D eigenvalue weighted by molar-refractivity contribution is 6.11. The van der Waals surface area contributed by atoms with Crippen molar-refractivity contribution in [1.29, 1.82) is 0 Å². The first-order valence-electron chi connectivity index (χ1n) is 25.8. The number of likely N-dealkylation sites (tertiary alicyclic amines) is 1. The number of methoxy groups -OCH3 is 1. The number of hydrogen-bond acceptors (Lipinski definition) is 16. The molecule has 5 heterocycles. The monoisotopic (exact) mass is 1010 g/mol. The molecule has 394 valence electrons. The van der Waals surface area contributed by atoms with Crippen molar-refractivity contribution in [3.8, 4) is 23.0 Å². The van der Waals surface area contributed by atoms with Gasteiger partial charge in [0.05, 0.1) is 36.4 Å². The summed E-state index contributed by atoms with van der Waals surface area (Å²) in [6, 6.07) is 5.19. The topological polar surface area (TPSA) is 217 Å². The summed E-state index contributed by atoms with van der Waals surface area (Å²) in [7, 11) is 1.30.